The molecule has 0 fully saturated rings. The number of rotatable bonds is 6. The zero-order valence-electron chi connectivity index (χ0n) is 11.5. The summed E-state index contributed by atoms with van der Waals surface area (Å²) >= 11 is 0. The number of aliphatic carboxylic acids is 2. The van der Waals surface area contributed by atoms with E-state index in [0.29, 0.717) is 0 Å². The van der Waals surface area contributed by atoms with Gasteiger partial charge in [0.2, 0.25) is 0 Å². The van der Waals surface area contributed by atoms with Crippen LogP contribution in [-0.4, -0.2) is 24.2 Å². The molecule has 0 amide bonds. The van der Waals surface area contributed by atoms with Crippen LogP contribution in [0.5, 0.6) is 0 Å². The van der Waals surface area contributed by atoms with Crippen molar-refractivity contribution in [3.63, 3.8) is 0 Å². The first-order valence-electron chi connectivity index (χ1n) is 5.25. The molecule has 0 aliphatic rings. The maximum Gasteiger partial charge on any atom is 1.00 e. The third-order valence-electron chi connectivity index (χ3n) is 2.07. The van der Waals surface area contributed by atoms with E-state index in [1.165, 1.54) is 12.3 Å². The Morgan fingerprint density at radius 3 is 2.25 bits per heavy atom. The quantitative estimate of drug-likeness (QED) is 0.384. The van der Waals surface area contributed by atoms with Gasteiger partial charge in [-0.1, -0.05) is 36.4 Å². The second kappa shape index (κ2) is 13.5. The minimum atomic E-state index is -1.54. The normalized spacial score (nSPS) is 11.6. The Balaban J connectivity index is 0. The van der Waals surface area contributed by atoms with Gasteiger partial charge in [0.1, 0.15) is 0 Å². The number of nitrogens with zero attached hydrogens (tertiary/aromatic N) is 1. The molecule has 1 atom stereocenters. The van der Waals surface area contributed by atoms with Gasteiger partial charge in [-0.2, -0.15) is 0 Å². The summed E-state index contributed by atoms with van der Waals surface area (Å²) in [7, 11) is 0. The summed E-state index contributed by atoms with van der Waals surface area (Å²) in [6.45, 7) is 0. The van der Waals surface area contributed by atoms with Crippen molar-refractivity contribution in [2.45, 2.75) is 12.5 Å². The number of carbonyl (C=O) groups is 2. The summed E-state index contributed by atoms with van der Waals surface area (Å²) < 4.78 is 0. The van der Waals surface area contributed by atoms with Crippen molar-refractivity contribution in [2.24, 2.45) is 4.99 Å². The van der Waals surface area contributed by atoms with Crippen LogP contribution in [-0.2, 0) is 9.59 Å². The topological polar surface area (TPSA) is 92.6 Å². The molecule has 0 heterocycles. The van der Waals surface area contributed by atoms with Crippen molar-refractivity contribution in [3.8, 4) is 0 Å². The molecule has 0 spiro atoms. The molecule has 5 nitrogen and oxygen atoms in total. The number of hydrogen-bond acceptors (Lipinski definition) is 5. The van der Waals surface area contributed by atoms with Crippen LogP contribution in [0.2, 0.25) is 0 Å². The molecule has 0 radical (unpaired) electrons. The average Bonchev–Trinajstić information content (AvgIpc) is 2.33. The predicted molar refractivity (Wildman–Crippen MR) is 62.4 cm³/mol. The summed E-state index contributed by atoms with van der Waals surface area (Å²) in [4.78, 5) is 24.4. The van der Waals surface area contributed by atoms with Gasteiger partial charge in [-0.05, 0) is 11.6 Å². The van der Waals surface area contributed by atoms with Gasteiger partial charge >= 0.3 is 103 Å². The molecule has 94 valence electrons. The number of carbonyl (C=O) groups excluding carboxylic acids is 2. The maximum atomic E-state index is 10.6. The largest absolute Gasteiger partial charge is 1.00 e. The second-order valence-electron chi connectivity index (χ2n) is 3.48. The van der Waals surface area contributed by atoms with Gasteiger partial charge in [0.25, 0.3) is 0 Å². The van der Waals surface area contributed by atoms with Crippen molar-refractivity contribution in [1.82, 2.24) is 0 Å². The van der Waals surface area contributed by atoms with E-state index in [9.17, 15) is 19.8 Å². The molecule has 1 aromatic carbocycles. The number of benzene rings is 1. The molecule has 20 heavy (non-hydrogen) atoms. The van der Waals surface area contributed by atoms with Crippen LogP contribution in [0.3, 0.4) is 0 Å². The zero-order valence-corrected chi connectivity index (χ0v) is 17.7. The Bertz CT molecular complexity index is 475. The number of aliphatic imine (C=N–C) groups is 1. The first-order valence-corrected chi connectivity index (χ1v) is 5.25. The van der Waals surface area contributed by atoms with Gasteiger partial charge in [0, 0.05) is 18.6 Å². The van der Waals surface area contributed by atoms with E-state index in [1.54, 1.807) is 6.08 Å². The molecule has 0 saturated heterocycles. The van der Waals surface area contributed by atoms with Crippen molar-refractivity contribution < 1.29 is 123 Å². The van der Waals surface area contributed by atoms with Gasteiger partial charge < -0.3 is 19.8 Å². The molecule has 0 N–H and O–H groups in total. The first-order chi connectivity index (χ1) is 8.59. The monoisotopic (exact) mass is 323 g/mol. The van der Waals surface area contributed by atoms with E-state index in [-0.39, 0.29) is 103 Å². The number of allylic oxidation sites excluding steroid dienone is 1. The summed E-state index contributed by atoms with van der Waals surface area (Å²) in [5, 5.41) is 20.8. The number of carboxylic acid groups (broad SMARTS) is 2. The molecule has 0 saturated carbocycles. The van der Waals surface area contributed by atoms with Crippen molar-refractivity contribution >= 4 is 24.2 Å². The van der Waals surface area contributed by atoms with Gasteiger partial charge in [-0.15, -0.1) is 0 Å². The third-order valence-corrected chi connectivity index (χ3v) is 2.07. The van der Waals surface area contributed by atoms with E-state index in [0.717, 1.165) is 5.56 Å². The van der Waals surface area contributed by atoms with Crippen LogP contribution in [0.4, 0.5) is 0 Å². The van der Waals surface area contributed by atoms with Gasteiger partial charge in [0.15, 0.2) is 0 Å². The molecule has 0 aliphatic heterocycles. The van der Waals surface area contributed by atoms with Crippen LogP contribution in [0.1, 0.15) is 12.0 Å². The van der Waals surface area contributed by atoms with Crippen LogP contribution in [0, 0.1) is 0 Å². The van der Waals surface area contributed by atoms with Crippen LogP contribution in [0.15, 0.2) is 41.4 Å². The Labute approximate surface area is 202 Å². The van der Waals surface area contributed by atoms with E-state index in [2.05, 4.69) is 4.99 Å². The minimum absolute atomic E-state index is 0. The zero-order chi connectivity index (χ0) is 13.4. The van der Waals surface area contributed by atoms with Crippen LogP contribution in [0.25, 0.3) is 6.08 Å². The van der Waals surface area contributed by atoms with Crippen molar-refractivity contribution in [2.75, 3.05) is 0 Å². The molecule has 7 heteroatoms. The molecule has 0 aromatic heterocycles. The summed E-state index contributed by atoms with van der Waals surface area (Å²) in [5.41, 5.74) is 0.925. The van der Waals surface area contributed by atoms with Gasteiger partial charge in [-0.3, -0.25) is 4.99 Å². The molecular weight excluding hydrogens is 312 g/mol. The Kier molecular flexibility index (Phi) is 15.6. The summed E-state index contributed by atoms with van der Waals surface area (Å²) in [6.07, 6.45) is 3.78. The molecule has 1 aromatic rings. The molecular formula is C13H11K2NO4. The molecule has 0 aliphatic carbocycles. The number of carboxylic acids is 2. The standard InChI is InChI=1S/C13H13NO4.2K/c15-12(16)9-11(13(17)18)14-8-4-7-10-5-2-1-3-6-10;;/h1-8,11H,9H2,(H,15,16)(H,17,18);;/q;2*+1/p-2/b7-4+,14-8?;;. The fourth-order valence-corrected chi connectivity index (χ4v) is 1.23. The van der Waals surface area contributed by atoms with Crippen molar-refractivity contribution in [3.05, 3.63) is 42.0 Å². The van der Waals surface area contributed by atoms with E-state index < -0.39 is 24.4 Å². The molecule has 1 unspecified atom stereocenters. The fourth-order valence-electron chi connectivity index (χ4n) is 1.23. The van der Waals surface area contributed by atoms with Gasteiger partial charge in [-0.25, -0.2) is 0 Å². The van der Waals surface area contributed by atoms with Gasteiger partial charge in [0.05, 0.1) is 12.0 Å². The first kappa shape index (κ1) is 23.1. The van der Waals surface area contributed by atoms with Crippen LogP contribution >= 0.6 is 0 Å². The van der Waals surface area contributed by atoms with E-state index in [1.807, 2.05) is 30.3 Å². The Morgan fingerprint density at radius 2 is 1.75 bits per heavy atom. The average molecular weight is 323 g/mol. The summed E-state index contributed by atoms with van der Waals surface area (Å²) in [5.74, 6) is -3.02. The van der Waals surface area contributed by atoms with Crippen LogP contribution < -0.4 is 113 Å². The third kappa shape index (κ3) is 10.6. The molecule has 1 rings (SSSR count). The fraction of sp³-hybridized carbons (Fsp3) is 0.154. The minimum Gasteiger partial charge on any atom is -0.550 e. The maximum absolute atomic E-state index is 10.6. The Hall–Kier alpha value is 0.843. The smallest absolute Gasteiger partial charge is 0.550 e. The predicted octanol–water partition coefficient (Wildman–Crippen LogP) is -6.96. The second-order valence-corrected chi connectivity index (χ2v) is 3.48. The van der Waals surface area contributed by atoms with E-state index in [4.69, 9.17) is 0 Å². The van der Waals surface area contributed by atoms with Crippen molar-refractivity contribution in [1.29, 1.82) is 0 Å². The summed E-state index contributed by atoms with van der Waals surface area (Å²) in [6, 6.07) is 7.89. The van der Waals surface area contributed by atoms with E-state index >= 15 is 0 Å². The SMILES string of the molecule is O=C([O-])CC(N=C/C=C/c1ccccc1)C(=O)[O-].[K+].[K+]. The molecule has 0 bridgehead atoms. The number of hydrogen-bond donors (Lipinski definition) is 0. The Morgan fingerprint density at radius 1 is 1.15 bits per heavy atom.